The molecule has 9 heteroatoms. The maximum absolute atomic E-state index is 12.8. The van der Waals surface area contributed by atoms with Crippen molar-refractivity contribution in [1.82, 2.24) is 9.88 Å². The second-order valence-corrected chi connectivity index (χ2v) is 8.81. The van der Waals surface area contributed by atoms with E-state index in [0.717, 1.165) is 4.90 Å². The Morgan fingerprint density at radius 3 is 2.73 bits per heavy atom. The van der Waals surface area contributed by atoms with Gasteiger partial charge >= 0.3 is 5.97 Å². The fourth-order valence-electron chi connectivity index (χ4n) is 3.11. The SMILES string of the molecule is O=C(O)C1=C(c2cccs2)CS(=O)(=O)[C@@H]2/C(=C\c3ccccn3)C(=O)N12. The van der Waals surface area contributed by atoms with Crippen molar-refractivity contribution >= 4 is 44.7 Å². The number of fused-ring (bicyclic) bond motifs is 1. The lowest BCUT2D eigenvalue weighted by atomic mass is 10.0. The van der Waals surface area contributed by atoms with Crippen LogP contribution in [0.4, 0.5) is 0 Å². The molecule has 0 aromatic carbocycles. The number of amides is 1. The first kappa shape index (κ1) is 16.7. The molecule has 132 valence electrons. The number of aliphatic carboxylic acids is 1. The summed E-state index contributed by atoms with van der Waals surface area (Å²) in [6, 6.07) is 8.41. The molecule has 1 fully saturated rings. The van der Waals surface area contributed by atoms with Crippen LogP contribution in [0, 0.1) is 0 Å². The monoisotopic (exact) mass is 388 g/mol. The smallest absolute Gasteiger partial charge is 0.353 e. The van der Waals surface area contributed by atoms with Gasteiger partial charge in [-0.1, -0.05) is 12.1 Å². The van der Waals surface area contributed by atoms with Crippen molar-refractivity contribution in [3.05, 3.63) is 63.7 Å². The number of β-lactam (4-membered cyclic amide) rings is 1. The molecular formula is C17H12N2O5S2. The van der Waals surface area contributed by atoms with Gasteiger partial charge in [-0.15, -0.1) is 11.3 Å². The van der Waals surface area contributed by atoms with E-state index >= 15 is 0 Å². The molecule has 1 atom stereocenters. The van der Waals surface area contributed by atoms with Crippen molar-refractivity contribution in [2.24, 2.45) is 0 Å². The Kier molecular flexibility index (Phi) is 3.78. The van der Waals surface area contributed by atoms with Gasteiger partial charge in [0.25, 0.3) is 5.91 Å². The Bertz CT molecular complexity index is 1070. The van der Waals surface area contributed by atoms with Gasteiger partial charge in [-0.25, -0.2) is 13.2 Å². The van der Waals surface area contributed by atoms with Crippen LogP contribution in [0.15, 0.2) is 53.2 Å². The highest BCUT2D eigenvalue weighted by molar-refractivity contribution is 7.92. The minimum atomic E-state index is -3.77. The normalized spacial score (nSPS) is 22.9. The van der Waals surface area contributed by atoms with Crippen LogP contribution in [0.5, 0.6) is 0 Å². The van der Waals surface area contributed by atoms with Gasteiger partial charge in [0.1, 0.15) is 5.70 Å². The highest BCUT2D eigenvalue weighted by Crippen LogP contribution is 2.43. The van der Waals surface area contributed by atoms with Gasteiger partial charge < -0.3 is 5.11 Å². The molecule has 1 N–H and O–H groups in total. The number of hydrogen-bond donors (Lipinski definition) is 1. The number of aromatic nitrogens is 1. The van der Waals surface area contributed by atoms with E-state index in [1.54, 1.807) is 35.7 Å². The van der Waals surface area contributed by atoms with Crippen LogP contribution in [-0.2, 0) is 19.4 Å². The molecule has 0 aliphatic carbocycles. The van der Waals surface area contributed by atoms with Gasteiger partial charge in [0.15, 0.2) is 15.2 Å². The van der Waals surface area contributed by atoms with Crippen molar-refractivity contribution in [3.8, 4) is 0 Å². The number of rotatable bonds is 3. The molecule has 4 rings (SSSR count). The molecule has 1 saturated heterocycles. The molecule has 0 spiro atoms. The van der Waals surface area contributed by atoms with Gasteiger partial charge in [0.2, 0.25) is 0 Å². The molecule has 0 unspecified atom stereocenters. The second-order valence-electron chi connectivity index (χ2n) is 5.80. The number of pyridine rings is 1. The minimum Gasteiger partial charge on any atom is -0.477 e. The van der Waals surface area contributed by atoms with Crippen LogP contribution in [0.3, 0.4) is 0 Å². The van der Waals surface area contributed by atoms with Crippen LogP contribution in [0.1, 0.15) is 10.6 Å². The number of hydrogen-bond acceptors (Lipinski definition) is 6. The van der Waals surface area contributed by atoms with Crippen molar-refractivity contribution in [2.45, 2.75) is 5.37 Å². The Balaban J connectivity index is 1.86. The van der Waals surface area contributed by atoms with Gasteiger partial charge in [-0.05, 0) is 29.7 Å². The maximum atomic E-state index is 12.8. The molecule has 0 radical (unpaired) electrons. The van der Waals surface area contributed by atoms with E-state index in [-0.39, 0.29) is 16.8 Å². The summed E-state index contributed by atoms with van der Waals surface area (Å²) in [7, 11) is -3.77. The Labute approximate surface area is 152 Å². The molecular weight excluding hydrogens is 376 g/mol. The molecule has 2 aliphatic heterocycles. The van der Waals surface area contributed by atoms with Crippen molar-refractivity contribution in [1.29, 1.82) is 0 Å². The third-order valence-electron chi connectivity index (χ3n) is 4.19. The third-order valence-corrected chi connectivity index (χ3v) is 6.96. The van der Waals surface area contributed by atoms with E-state index < -0.39 is 32.8 Å². The van der Waals surface area contributed by atoms with Crippen LogP contribution in [0.2, 0.25) is 0 Å². The zero-order valence-corrected chi connectivity index (χ0v) is 14.8. The lowest BCUT2D eigenvalue weighted by molar-refractivity contribution is -0.141. The predicted molar refractivity (Wildman–Crippen MR) is 95.5 cm³/mol. The van der Waals surface area contributed by atoms with Gasteiger partial charge in [-0.3, -0.25) is 14.7 Å². The number of sulfone groups is 1. The van der Waals surface area contributed by atoms with E-state index in [9.17, 15) is 23.1 Å². The lowest BCUT2D eigenvalue weighted by Gasteiger charge is -2.45. The summed E-state index contributed by atoms with van der Waals surface area (Å²) in [5.74, 6) is -2.38. The Morgan fingerprint density at radius 2 is 2.12 bits per heavy atom. The summed E-state index contributed by atoms with van der Waals surface area (Å²) >= 11 is 1.24. The zero-order valence-electron chi connectivity index (χ0n) is 13.2. The molecule has 1 amide bonds. The number of carbonyl (C=O) groups is 2. The standard InChI is InChI=1S/C17H12N2O5S2/c20-15-11(8-10-4-1-2-6-18-10)16-19(15)14(17(21)22)12(9-26(16,23)24)13-5-3-7-25-13/h1-8,16H,9H2,(H,21,22)/b11-8-/t16-/m1/s1. The van der Waals surface area contributed by atoms with Crippen LogP contribution in [-0.4, -0.2) is 46.4 Å². The largest absolute Gasteiger partial charge is 0.477 e. The number of carboxylic acids is 1. The van der Waals surface area contributed by atoms with E-state index in [0.29, 0.717) is 10.6 Å². The van der Waals surface area contributed by atoms with Gasteiger partial charge in [0.05, 0.1) is 17.0 Å². The molecule has 2 aromatic heterocycles. The summed E-state index contributed by atoms with van der Waals surface area (Å²) in [6.07, 6.45) is 2.93. The van der Waals surface area contributed by atoms with Crippen molar-refractivity contribution in [3.63, 3.8) is 0 Å². The Hall–Kier alpha value is -2.78. The quantitative estimate of drug-likeness (QED) is 0.633. The number of nitrogens with zero attached hydrogens (tertiary/aromatic N) is 2. The summed E-state index contributed by atoms with van der Waals surface area (Å²) < 4.78 is 25.6. The maximum Gasteiger partial charge on any atom is 0.353 e. The third kappa shape index (κ3) is 2.47. The first-order valence-corrected chi connectivity index (χ1v) is 10.2. The fraction of sp³-hybridized carbons (Fsp3) is 0.118. The first-order chi connectivity index (χ1) is 12.4. The highest BCUT2D eigenvalue weighted by atomic mass is 32.2. The van der Waals surface area contributed by atoms with Crippen LogP contribution < -0.4 is 0 Å². The molecule has 2 aliphatic rings. The molecule has 0 saturated carbocycles. The molecule has 4 heterocycles. The van der Waals surface area contributed by atoms with Crippen LogP contribution >= 0.6 is 11.3 Å². The van der Waals surface area contributed by atoms with E-state index in [4.69, 9.17) is 0 Å². The average molecular weight is 388 g/mol. The average Bonchev–Trinajstić information content (AvgIpc) is 3.13. The predicted octanol–water partition coefficient (Wildman–Crippen LogP) is 1.62. The molecule has 7 nitrogen and oxygen atoms in total. The summed E-state index contributed by atoms with van der Waals surface area (Å²) in [6.45, 7) is 0. The van der Waals surface area contributed by atoms with E-state index in [1.165, 1.54) is 23.6 Å². The molecule has 0 bridgehead atoms. The van der Waals surface area contributed by atoms with E-state index in [2.05, 4.69) is 4.98 Å². The van der Waals surface area contributed by atoms with E-state index in [1.807, 2.05) is 0 Å². The zero-order chi connectivity index (χ0) is 18.5. The summed E-state index contributed by atoms with van der Waals surface area (Å²) in [5.41, 5.74) is 0.354. The van der Waals surface area contributed by atoms with Gasteiger partial charge in [0, 0.05) is 16.6 Å². The first-order valence-electron chi connectivity index (χ1n) is 7.58. The van der Waals surface area contributed by atoms with Crippen molar-refractivity contribution < 1.29 is 23.1 Å². The fourth-order valence-corrected chi connectivity index (χ4v) is 5.91. The topological polar surface area (TPSA) is 105 Å². The number of carbonyl (C=O) groups excluding carboxylic acids is 1. The number of carboxylic acid groups (broad SMARTS) is 1. The highest BCUT2D eigenvalue weighted by Gasteiger charge is 2.56. The minimum absolute atomic E-state index is 0.0349. The molecule has 26 heavy (non-hydrogen) atoms. The Morgan fingerprint density at radius 1 is 1.31 bits per heavy atom. The van der Waals surface area contributed by atoms with Crippen molar-refractivity contribution in [2.75, 3.05) is 5.75 Å². The summed E-state index contributed by atoms with van der Waals surface area (Å²) in [4.78, 5) is 29.8. The number of thiophene rings is 1. The summed E-state index contributed by atoms with van der Waals surface area (Å²) in [5, 5.41) is 10.1. The molecule has 2 aromatic rings. The van der Waals surface area contributed by atoms with Crippen LogP contribution in [0.25, 0.3) is 11.6 Å². The van der Waals surface area contributed by atoms with Gasteiger partial charge in [-0.2, -0.15) is 0 Å². The lowest BCUT2D eigenvalue weighted by Crippen LogP contribution is -2.61. The second kappa shape index (κ2) is 5.89.